The van der Waals surface area contributed by atoms with E-state index in [-0.39, 0.29) is 11.7 Å². The number of carbonyl (C=O) groups is 1. The first kappa shape index (κ1) is 20.7. The minimum absolute atomic E-state index is 0.0523. The second-order valence-electron chi connectivity index (χ2n) is 8.46. The molecule has 3 aliphatic heterocycles. The molecule has 0 amide bonds. The molecule has 0 radical (unpaired) electrons. The number of methoxy groups -OCH3 is 2. The van der Waals surface area contributed by atoms with Crippen LogP contribution in [0.15, 0.2) is 42.5 Å². The molecule has 9 heteroatoms. The first-order valence-electron chi connectivity index (χ1n) is 10.5. The van der Waals surface area contributed by atoms with Crippen molar-refractivity contribution in [1.29, 1.82) is 0 Å². The highest BCUT2D eigenvalue weighted by Gasteiger charge is 2.61. The average Bonchev–Trinajstić information content (AvgIpc) is 2.79. The Hall–Kier alpha value is -3.17. The lowest BCUT2D eigenvalue weighted by atomic mass is 9.79. The fourth-order valence-corrected chi connectivity index (χ4v) is 5.32. The standard InChI is InChI=1S/C23H24N2O7/c1-23(22(29-2)30-3)20-19(15-12-14(25(27)28)9-11-18(15)32-23)24-16-7-5-4-6-13(16)8-10-17(24)21(26)31-20/h4-7,9,11-12,17,19-20,22H,8,10H2,1-3H3/t17-,19+,20+,23+/m0/s1. The quantitative estimate of drug-likeness (QED) is 0.309. The Balaban J connectivity index is 1.75. The highest BCUT2D eigenvalue weighted by atomic mass is 16.7. The number of esters is 1. The van der Waals surface area contributed by atoms with Crippen molar-refractivity contribution in [3.63, 3.8) is 0 Å². The van der Waals surface area contributed by atoms with Gasteiger partial charge in [-0.05, 0) is 37.5 Å². The van der Waals surface area contributed by atoms with Crippen LogP contribution in [0.2, 0.25) is 0 Å². The lowest BCUT2D eigenvalue weighted by Gasteiger charge is -2.56. The van der Waals surface area contributed by atoms with E-state index in [2.05, 4.69) is 0 Å². The number of morpholine rings is 1. The minimum Gasteiger partial charge on any atom is -0.478 e. The molecule has 32 heavy (non-hydrogen) atoms. The van der Waals surface area contributed by atoms with Crippen LogP contribution in [-0.2, 0) is 25.4 Å². The summed E-state index contributed by atoms with van der Waals surface area (Å²) in [4.78, 5) is 26.3. The molecule has 0 aromatic heterocycles. The molecule has 1 saturated heterocycles. The lowest BCUT2D eigenvalue weighted by Crippen LogP contribution is -2.68. The lowest BCUT2D eigenvalue weighted by molar-refractivity contribution is -0.385. The van der Waals surface area contributed by atoms with Gasteiger partial charge in [-0.15, -0.1) is 0 Å². The Kier molecular flexibility index (Phi) is 4.83. The van der Waals surface area contributed by atoms with E-state index in [0.29, 0.717) is 17.7 Å². The number of rotatable bonds is 4. The first-order chi connectivity index (χ1) is 15.4. The highest BCUT2D eigenvalue weighted by molar-refractivity contribution is 5.84. The Morgan fingerprint density at radius 1 is 1.22 bits per heavy atom. The van der Waals surface area contributed by atoms with Crippen LogP contribution in [0, 0.1) is 10.1 Å². The molecule has 0 aliphatic carbocycles. The molecule has 9 nitrogen and oxygen atoms in total. The van der Waals surface area contributed by atoms with Crippen molar-refractivity contribution in [2.45, 2.75) is 49.8 Å². The van der Waals surface area contributed by atoms with Crippen LogP contribution in [0.4, 0.5) is 11.4 Å². The predicted molar refractivity (Wildman–Crippen MR) is 114 cm³/mol. The summed E-state index contributed by atoms with van der Waals surface area (Å²) < 4.78 is 23.4. The topological polar surface area (TPSA) is 100 Å². The molecule has 1 fully saturated rings. The van der Waals surface area contributed by atoms with Crippen LogP contribution in [-0.4, -0.2) is 49.1 Å². The Bertz CT molecular complexity index is 1090. The third-order valence-corrected chi connectivity index (χ3v) is 6.71. The maximum Gasteiger partial charge on any atom is 0.329 e. The molecular formula is C23H24N2O7. The summed E-state index contributed by atoms with van der Waals surface area (Å²) in [5.74, 6) is 0.119. The van der Waals surface area contributed by atoms with Crippen molar-refractivity contribution in [3.8, 4) is 5.75 Å². The molecule has 2 aromatic rings. The number of ether oxygens (including phenoxy) is 4. The van der Waals surface area contributed by atoms with Crippen LogP contribution in [0.1, 0.15) is 30.5 Å². The molecule has 4 atom stereocenters. The largest absolute Gasteiger partial charge is 0.478 e. The number of fused-ring (bicyclic) bond motifs is 7. The third kappa shape index (κ3) is 2.88. The van der Waals surface area contributed by atoms with Gasteiger partial charge in [0, 0.05) is 37.6 Å². The van der Waals surface area contributed by atoms with Crippen molar-refractivity contribution in [2.24, 2.45) is 0 Å². The van der Waals surface area contributed by atoms with Gasteiger partial charge < -0.3 is 23.8 Å². The average molecular weight is 440 g/mol. The zero-order valence-corrected chi connectivity index (χ0v) is 18.0. The SMILES string of the molecule is COC(OC)[C@]1(C)Oc2ccc([N+](=O)[O-])cc2[C@@H]2[C@H]1OC(=O)[C@@H]1CCc3ccccc3N21. The van der Waals surface area contributed by atoms with E-state index in [1.54, 1.807) is 13.0 Å². The molecule has 0 bridgehead atoms. The van der Waals surface area contributed by atoms with E-state index in [4.69, 9.17) is 18.9 Å². The van der Waals surface area contributed by atoms with Crippen molar-refractivity contribution in [3.05, 3.63) is 63.7 Å². The number of anilines is 1. The second-order valence-corrected chi connectivity index (χ2v) is 8.46. The van der Waals surface area contributed by atoms with E-state index in [1.165, 1.54) is 26.4 Å². The van der Waals surface area contributed by atoms with Gasteiger partial charge in [-0.1, -0.05) is 18.2 Å². The summed E-state index contributed by atoms with van der Waals surface area (Å²) in [5, 5.41) is 11.5. The molecule has 0 saturated carbocycles. The van der Waals surface area contributed by atoms with Gasteiger partial charge in [0.05, 0.1) is 4.92 Å². The summed E-state index contributed by atoms with van der Waals surface area (Å²) in [6.45, 7) is 1.77. The normalized spacial score (nSPS) is 28.1. The molecule has 3 aliphatic rings. The highest BCUT2D eigenvalue weighted by Crippen LogP contribution is 2.52. The molecule has 0 unspecified atom stereocenters. The summed E-state index contributed by atoms with van der Waals surface area (Å²) in [5.41, 5.74) is 1.39. The number of nitrogens with zero attached hydrogens (tertiary/aromatic N) is 2. The smallest absolute Gasteiger partial charge is 0.329 e. The van der Waals surface area contributed by atoms with Crippen molar-refractivity contribution < 1.29 is 28.7 Å². The Morgan fingerprint density at radius 3 is 2.69 bits per heavy atom. The maximum absolute atomic E-state index is 13.2. The summed E-state index contributed by atoms with van der Waals surface area (Å²) in [6, 6.07) is 11.4. The van der Waals surface area contributed by atoms with Crippen LogP contribution in [0.25, 0.3) is 0 Å². The minimum atomic E-state index is -1.19. The number of hydrogen-bond acceptors (Lipinski definition) is 8. The zero-order chi connectivity index (χ0) is 22.6. The van der Waals surface area contributed by atoms with Crippen LogP contribution < -0.4 is 9.64 Å². The summed E-state index contributed by atoms with van der Waals surface area (Å²) in [6.07, 6.45) is -0.323. The number of para-hydroxylation sites is 1. The number of nitro groups is 1. The van der Waals surface area contributed by atoms with Gasteiger partial charge in [-0.25, -0.2) is 4.79 Å². The van der Waals surface area contributed by atoms with Crippen molar-refractivity contribution in [2.75, 3.05) is 19.1 Å². The number of benzene rings is 2. The first-order valence-corrected chi connectivity index (χ1v) is 10.5. The molecule has 168 valence electrons. The third-order valence-electron chi connectivity index (χ3n) is 6.71. The van der Waals surface area contributed by atoms with Crippen LogP contribution >= 0.6 is 0 Å². The fourth-order valence-electron chi connectivity index (χ4n) is 5.32. The van der Waals surface area contributed by atoms with Gasteiger partial charge in [0.1, 0.15) is 17.8 Å². The van der Waals surface area contributed by atoms with E-state index in [1.807, 2.05) is 29.2 Å². The maximum atomic E-state index is 13.2. The molecule has 3 heterocycles. The number of non-ortho nitro benzene ring substituents is 1. The zero-order valence-electron chi connectivity index (χ0n) is 18.0. The second kappa shape index (κ2) is 7.46. The molecular weight excluding hydrogens is 416 g/mol. The monoisotopic (exact) mass is 440 g/mol. The van der Waals surface area contributed by atoms with E-state index in [9.17, 15) is 14.9 Å². The molecule has 5 rings (SSSR count). The van der Waals surface area contributed by atoms with Crippen molar-refractivity contribution in [1.82, 2.24) is 0 Å². The summed E-state index contributed by atoms with van der Waals surface area (Å²) in [7, 11) is 2.99. The molecule has 0 N–H and O–H groups in total. The Labute approximate surface area is 185 Å². The van der Waals surface area contributed by atoms with Crippen LogP contribution in [0.3, 0.4) is 0 Å². The van der Waals surface area contributed by atoms with E-state index < -0.39 is 35.0 Å². The van der Waals surface area contributed by atoms with Gasteiger partial charge in [-0.2, -0.15) is 0 Å². The number of nitro benzene ring substituents is 1. The summed E-state index contributed by atoms with van der Waals surface area (Å²) >= 11 is 0. The van der Waals surface area contributed by atoms with E-state index >= 15 is 0 Å². The predicted octanol–water partition coefficient (Wildman–Crippen LogP) is 3.15. The fraction of sp³-hybridized carbons (Fsp3) is 0.435. The number of carbonyl (C=O) groups excluding carboxylic acids is 1. The van der Waals surface area contributed by atoms with Gasteiger partial charge in [0.15, 0.2) is 11.7 Å². The van der Waals surface area contributed by atoms with Gasteiger partial charge in [0.25, 0.3) is 5.69 Å². The molecule has 0 spiro atoms. The van der Waals surface area contributed by atoms with Gasteiger partial charge in [0.2, 0.25) is 6.29 Å². The van der Waals surface area contributed by atoms with Crippen LogP contribution in [0.5, 0.6) is 5.75 Å². The van der Waals surface area contributed by atoms with Crippen molar-refractivity contribution >= 4 is 17.3 Å². The number of hydrogen-bond donors (Lipinski definition) is 0. The Morgan fingerprint density at radius 2 is 1.97 bits per heavy atom. The molecule has 2 aromatic carbocycles. The van der Waals surface area contributed by atoms with Gasteiger partial charge in [-0.3, -0.25) is 10.1 Å². The van der Waals surface area contributed by atoms with Gasteiger partial charge >= 0.3 is 5.97 Å². The van der Waals surface area contributed by atoms with E-state index in [0.717, 1.165) is 17.7 Å². The number of aryl methyl sites for hydroxylation is 1.